The maximum Gasteiger partial charge on any atom is 0.191 e. The molecule has 0 aliphatic carbocycles. The van der Waals surface area contributed by atoms with Gasteiger partial charge in [0.1, 0.15) is 0 Å². The van der Waals surface area contributed by atoms with Crippen molar-refractivity contribution in [3.8, 4) is 0 Å². The Morgan fingerprint density at radius 1 is 1.26 bits per heavy atom. The maximum atomic E-state index is 6.02. The van der Waals surface area contributed by atoms with E-state index in [-0.39, 0.29) is 24.0 Å². The van der Waals surface area contributed by atoms with Crippen LogP contribution in [-0.2, 0) is 6.54 Å². The van der Waals surface area contributed by atoms with Gasteiger partial charge in [0.25, 0.3) is 0 Å². The minimum absolute atomic E-state index is 0. The molecule has 0 unspecified atom stereocenters. The number of nitrogens with zero attached hydrogens (tertiary/aromatic N) is 3. The first-order chi connectivity index (χ1) is 8.75. The number of nitrogens with two attached hydrogens (primary N) is 1. The summed E-state index contributed by atoms with van der Waals surface area (Å²) in [6.07, 6.45) is 6.63. The molecular formula is C13H20ClIN4. The van der Waals surface area contributed by atoms with E-state index in [1.807, 2.05) is 12.1 Å². The van der Waals surface area contributed by atoms with Crippen LogP contribution in [-0.4, -0.2) is 28.9 Å². The van der Waals surface area contributed by atoms with Crippen molar-refractivity contribution in [3.63, 3.8) is 0 Å². The van der Waals surface area contributed by atoms with Crippen LogP contribution in [0.1, 0.15) is 31.4 Å². The van der Waals surface area contributed by atoms with E-state index in [2.05, 4.69) is 14.9 Å². The van der Waals surface area contributed by atoms with Crippen molar-refractivity contribution >= 4 is 41.5 Å². The maximum absolute atomic E-state index is 6.02. The molecule has 0 saturated carbocycles. The lowest BCUT2D eigenvalue weighted by molar-refractivity contribution is 0.428. The van der Waals surface area contributed by atoms with Crippen LogP contribution in [0.25, 0.3) is 0 Å². The molecule has 1 aromatic rings. The Hall–Kier alpha value is -0.560. The van der Waals surface area contributed by atoms with Crippen LogP contribution in [0.5, 0.6) is 0 Å². The highest BCUT2D eigenvalue weighted by atomic mass is 127. The van der Waals surface area contributed by atoms with Crippen molar-refractivity contribution in [3.05, 3.63) is 29.0 Å². The summed E-state index contributed by atoms with van der Waals surface area (Å²) in [5.74, 6) is 0.633. The fourth-order valence-electron chi connectivity index (χ4n) is 2.06. The summed E-state index contributed by atoms with van der Waals surface area (Å²) >= 11 is 5.78. The molecule has 0 bridgehead atoms. The minimum Gasteiger partial charge on any atom is -0.370 e. The number of aliphatic imine (C=N–C) groups is 1. The molecule has 0 aromatic carbocycles. The van der Waals surface area contributed by atoms with Crippen LogP contribution in [0.2, 0.25) is 5.02 Å². The molecule has 2 heterocycles. The zero-order valence-electron chi connectivity index (χ0n) is 10.9. The summed E-state index contributed by atoms with van der Waals surface area (Å²) in [6.45, 7) is 2.55. The van der Waals surface area contributed by atoms with Crippen LogP contribution >= 0.6 is 35.6 Å². The Morgan fingerprint density at radius 3 is 2.53 bits per heavy atom. The van der Waals surface area contributed by atoms with Gasteiger partial charge in [-0.25, -0.2) is 4.99 Å². The molecule has 1 aliphatic heterocycles. The number of hydrogen-bond acceptors (Lipinski definition) is 2. The molecule has 106 valence electrons. The normalized spacial score (nSPS) is 16.7. The molecule has 19 heavy (non-hydrogen) atoms. The second-order valence-corrected chi connectivity index (χ2v) is 4.98. The van der Waals surface area contributed by atoms with Crippen LogP contribution in [0.3, 0.4) is 0 Å². The minimum atomic E-state index is 0. The summed E-state index contributed by atoms with van der Waals surface area (Å²) in [5, 5.41) is 0.642. The van der Waals surface area contributed by atoms with Gasteiger partial charge in [-0.05, 0) is 25.0 Å². The van der Waals surface area contributed by atoms with Gasteiger partial charge in [-0.3, -0.25) is 4.98 Å². The predicted molar refractivity (Wildman–Crippen MR) is 90.0 cm³/mol. The van der Waals surface area contributed by atoms with Crippen molar-refractivity contribution in [2.24, 2.45) is 10.7 Å². The van der Waals surface area contributed by atoms with Gasteiger partial charge < -0.3 is 10.6 Å². The van der Waals surface area contributed by atoms with Gasteiger partial charge in [-0.15, -0.1) is 24.0 Å². The molecule has 2 rings (SSSR count). The van der Waals surface area contributed by atoms with E-state index < -0.39 is 0 Å². The molecule has 4 nitrogen and oxygen atoms in total. The van der Waals surface area contributed by atoms with E-state index >= 15 is 0 Å². The fourth-order valence-corrected chi connectivity index (χ4v) is 2.17. The highest BCUT2D eigenvalue weighted by Gasteiger charge is 2.10. The number of likely N-dealkylation sites (tertiary alicyclic amines) is 1. The lowest BCUT2D eigenvalue weighted by Crippen LogP contribution is -2.38. The second kappa shape index (κ2) is 8.58. The SMILES string of the molecule is I.NC(=NCc1ccc(Cl)cn1)N1CCCCCC1. The van der Waals surface area contributed by atoms with Crippen molar-refractivity contribution in [2.75, 3.05) is 13.1 Å². The van der Waals surface area contributed by atoms with Crippen LogP contribution < -0.4 is 5.73 Å². The molecule has 1 fully saturated rings. The Bertz CT molecular complexity index is 400. The van der Waals surface area contributed by atoms with Gasteiger partial charge in [0, 0.05) is 19.3 Å². The topological polar surface area (TPSA) is 54.5 Å². The fraction of sp³-hybridized carbons (Fsp3) is 0.538. The molecule has 0 atom stereocenters. The number of pyridine rings is 1. The van der Waals surface area contributed by atoms with E-state index in [0.717, 1.165) is 18.8 Å². The Balaban J connectivity index is 0.00000180. The second-order valence-electron chi connectivity index (χ2n) is 4.54. The first-order valence-corrected chi connectivity index (χ1v) is 6.79. The molecule has 0 radical (unpaired) electrons. The molecule has 2 N–H and O–H groups in total. The molecule has 1 aliphatic rings. The Labute approximate surface area is 136 Å². The predicted octanol–water partition coefficient (Wildman–Crippen LogP) is 3.04. The van der Waals surface area contributed by atoms with Gasteiger partial charge in [-0.2, -0.15) is 0 Å². The number of hydrogen-bond donors (Lipinski definition) is 1. The molecule has 1 aromatic heterocycles. The van der Waals surface area contributed by atoms with Crippen LogP contribution in [0, 0.1) is 0 Å². The third-order valence-corrected chi connectivity index (χ3v) is 3.35. The monoisotopic (exact) mass is 394 g/mol. The average Bonchev–Trinajstić information content (AvgIpc) is 2.66. The van der Waals surface area contributed by atoms with Crippen LogP contribution in [0.15, 0.2) is 23.3 Å². The van der Waals surface area contributed by atoms with Crippen molar-refractivity contribution in [1.29, 1.82) is 0 Å². The lowest BCUT2D eigenvalue weighted by Gasteiger charge is -2.20. The molecule has 0 spiro atoms. The largest absolute Gasteiger partial charge is 0.370 e. The smallest absolute Gasteiger partial charge is 0.191 e. The number of halogens is 2. The summed E-state index contributed by atoms with van der Waals surface area (Å²) in [5.41, 5.74) is 6.90. The first kappa shape index (κ1) is 16.5. The summed E-state index contributed by atoms with van der Waals surface area (Å²) in [4.78, 5) is 10.8. The van der Waals surface area contributed by atoms with E-state index in [0.29, 0.717) is 17.5 Å². The van der Waals surface area contributed by atoms with E-state index in [1.54, 1.807) is 6.20 Å². The zero-order chi connectivity index (χ0) is 12.8. The molecule has 1 saturated heterocycles. The average molecular weight is 395 g/mol. The lowest BCUT2D eigenvalue weighted by atomic mass is 10.2. The summed E-state index contributed by atoms with van der Waals surface area (Å²) in [6, 6.07) is 3.70. The third kappa shape index (κ3) is 5.52. The summed E-state index contributed by atoms with van der Waals surface area (Å²) in [7, 11) is 0. The first-order valence-electron chi connectivity index (χ1n) is 6.41. The number of guanidine groups is 1. The van der Waals surface area contributed by atoms with Gasteiger partial charge in [0.05, 0.1) is 17.3 Å². The Morgan fingerprint density at radius 2 is 1.95 bits per heavy atom. The Kier molecular flexibility index (Phi) is 7.45. The highest BCUT2D eigenvalue weighted by Crippen LogP contribution is 2.10. The third-order valence-electron chi connectivity index (χ3n) is 3.12. The van der Waals surface area contributed by atoms with Crippen molar-refractivity contribution < 1.29 is 0 Å². The molecular weight excluding hydrogens is 375 g/mol. The highest BCUT2D eigenvalue weighted by molar-refractivity contribution is 14.0. The van der Waals surface area contributed by atoms with Gasteiger partial charge in [0.15, 0.2) is 5.96 Å². The zero-order valence-corrected chi connectivity index (χ0v) is 14.0. The van der Waals surface area contributed by atoms with Gasteiger partial charge in [-0.1, -0.05) is 24.4 Å². The molecule has 0 amide bonds. The van der Waals surface area contributed by atoms with E-state index in [4.69, 9.17) is 17.3 Å². The van der Waals surface area contributed by atoms with Crippen LogP contribution in [0.4, 0.5) is 0 Å². The van der Waals surface area contributed by atoms with Gasteiger partial charge in [0.2, 0.25) is 0 Å². The quantitative estimate of drug-likeness (QED) is 0.476. The number of aromatic nitrogens is 1. The van der Waals surface area contributed by atoms with Crippen molar-refractivity contribution in [2.45, 2.75) is 32.2 Å². The van der Waals surface area contributed by atoms with Gasteiger partial charge >= 0.3 is 0 Å². The standard InChI is InChI=1S/C13H19ClN4.HI/c14-11-5-6-12(16-9-11)10-17-13(15)18-7-3-1-2-4-8-18;/h5-6,9H,1-4,7-8,10H2,(H2,15,17);1H. The van der Waals surface area contributed by atoms with E-state index in [1.165, 1.54) is 25.7 Å². The van der Waals surface area contributed by atoms with E-state index in [9.17, 15) is 0 Å². The van der Waals surface area contributed by atoms with Crippen molar-refractivity contribution in [1.82, 2.24) is 9.88 Å². The molecule has 6 heteroatoms. The summed E-state index contributed by atoms with van der Waals surface area (Å²) < 4.78 is 0. The number of rotatable bonds is 2.